The molecule has 0 saturated heterocycles. The van der Waals surface area contributed by atoms with Gasteiger partial charge in [-0.3, -0.25) is 9.36 Å². The maximum Gasteiger partial charge on any atom is 0.267 e. The molecule has 5 heteroatoms. The maximum atomic E-state index is 12.1. The van der Waals surface area contributed by atoms with Crippen molar-refractivity contribution in [1.82, 2.24) is 9.55 Å². The van der Waals surface area contributed by atoms with E-state index in [1.807, 2.05) is 7.05 Å². The van der Waals surface area contributed by atoms with Crippen molar-refractivity contribution in [2.45, 2.75) is 47.7 Å². The summed E-state index contributed by atoms with van der Waals surface area (Å²) in [5.41, 5.74) is 1.10. The quantitative estimate of drug-likeness (QED) is 0.601. The van der Waals surface area contributed by atoms with Gasteiger partial charge in [0.1, 0.15) is 0 Å². The number of hydrogen-bond acceptors (Lipinski definition) is 4. The molecule has 3 nitrogen and oxygen atoms in total. The minimum atomic E-state index is 0.113. The SMILES string of the molecule is CC(C)Sc1nc2c(c(=O)n1C)S[C@@H](C)C2. The first-order valence-electron chi connectivity index (χ1n) is 5.42. The van der Waals surface area contributed by atoms with Gasteiger partial charge in [0.2, 0.25) is 0 Å². The second kappa shape index (κ2) is 4.45. The van der Waals surface area contributed by atoms with E-state index in [-0.39, 0.29) is 5.56 Å². The number of thioether (sulfide) groups is 2. The lowest BCUT2D eigenvalue weighted by atomic mass is 10.2. The Kier molecular flexibility index (Phi) is 3.35. The molecule has 0 fully saturated rings. The first-order valence-corrected chi connectivity index (χ1v) is 7.18. The van der Waals surface area contributed by atoms with Gasteiger partial charge in [0.25, 0.3) is 5.56 Å². The highest BCUT2D eigenvalue weighted by Gasteiger charge is 2.25. The van der Waals surface area contributed by atoms with Gasteiger partial charge in [-0.2, -0.15) is 0 Å². The summed E-state index contributed by atoms with van der Waals surface area (Å²) in [5, 5.41) is 1.77. The average molecular weight is 256 g/mol. The van der Waals surface area contributed by atoms with Crippen molar-refractivity contribution in [2.75, 3.05) is 0 Å². The monoisotopic (exact) mass is 256 g/mol. The van der Waals surface area contributed by atoms with Crippen molar-refractivity contribution in [3.8, 4) is 0 Å². The van der Waals surface area contributed by atoms with Crippen LogP contribution in [0.2, 0.25) is 0 Å². The van der Waals surface area contributed by atoms with Crippen LogP contribution in [0.5, 0.6) is 0 Å². The van der Waals surface area contributed by atoms with Crippen LogP contribution in [-0.2, 0) is 13.5 Å². The van der Waals surface area contributed by atoms with Crippen LogP contribution in [-0.4, -0.2) is 20.1 Å². The number of nitrogens with zero attached hydrogens (tertiary/aromatic N) is 2. The molecular weight excluding hydrogens is 240 g/mol. The van der Waals surface area contributed by atoms with E-state index in [0.717, 1.165) is 22.2 Å². The van der Waals surface area contributed by atoms with Gasteiger partial charge in [0.15, 0.2) is 5.16 Å². The van der Waals surface area contributed by atoms with Crippen molar-refractivity contribution < 1.29 is 0 Å². The first-order chi connectivity index (χ1) is 7.49. The highest BCUT2D eigenvalue weighted by molar-refractivity contribution is 8.00. The fraction of sp³-hybridized carbons (Fsp3) is 0.636. The van der Waals surface area contributed by atoms with E-state index in [2.05, 4.69) is 25.8 Å². The summed E-state index contributed by atoms with van der Waals surface area (Å²) in [6.45, 7) is 6.36. The number of rotatable bonds is 2. The molecule has 0 bridgehead atoms. The van der Waals surface area contributed by atoms with Crippen LogP contribution in [0.4, 0.5) is 0 Å². The fourth-order valence-electron chi connectivity index (χ4n) is 1.69. The summed E-state index contributed by atoms with van der Waals surface area (Å²) >= 11 is 3.30. The van der Waals surface area contributed by atoms with E-state index in [9.17, 15) is 4.79 Å². The van der Waals surface area contributed by atoms with Crippen molar-refractivity contribution in [3.05, 3.63) is 16.0 Å². The fourth-order valence-corrected chi connectivity index (χ4v) is 3.66. The van der Waals surface area contributed by atoms with Gasteiger partial charge in [-0.1, -0.05) is 32.5 Å². The summed E-state index contributed by atoms with van der Waals surface area (Å²) < 4.78 is 1.68. The Morgan fingerprint density at radius 2 is 2.25 bits per heavy atom. The van der Waals surface area contributed by atoms with Crippen LogP contribution >= 0.6 is 23.5 Å². The first kappa shape index (κ1) is 12.0. The molecule has 0 amide bonds. The van der Waals surface area contributed by atoms with E-state index < -0.39 is 0 Å². The normalized spacial score (nSPS) is 19.2. The van der Waals surface area contributed by atoms with Gasteiger partial charge in [-0.15, -0.1) is 11.8 Å². The average Bonchev–Trinajstić information content (AvgIpc) is 2.54. The van der Waals surface area contributed by atoms with Crippen molar-refractivity contribution in [3.63, 3.8) is 0 Å². The van der Waals surface area contributed by atoms with Gasteiger partial charge in [0.05, 0.1) is 10.6 Å². The summed E-state index contributed by atoms with van der Waals surface area (Å²) in [5.74, 6) is 0. The van der Waals surface area contributed by atoms with E-state index in [1.54, 1.807) is 28.1 Å². The highest BCUT2D eigenvalue weighted by atomic mass is 32.2. The van der Waals surface area contributed by atoms with Gasteiger partial charge in [-0.25, -0.2) is 4.98 Å². The second-order valence-corrected chi connectivity index (χ2v) is 7.33. The number of fused-ring (bicyclic) bond motifs is 1. The van der Waals surface area contributed by atoms with Crippen molar-refractivity contribution in [2.24, 2.45) is 7.05 Å². The Balaban J connectivity index is 2.48. The van der Waals surface area contributed by atoms with Crippen molar-refractivity contribution >= 4 is 23.5 Å². The third-order valence-corrected chi connectivity index (χ3v) is 4.68. The molecule has 1 aromatic heterocycles. The third-order valence-electron chi connectivity index (χ3n) is 2.42. The molecule has 0 spiro atoms. The molecule has 0 saturated carbocycles. The number of aromatic nitrogens is 2. The molecule has 2 heterocycles. The zero-order valence-corrected chi connectivity index (χ0v) is 11.6. The molecular formula is C11H16N2OS2. The molecule has 2 rings (SSSR count). The topological polar surface area (TPSA) is 34.9 Å². The molecule has 1 aliphatic rings. The second-order valence-electron chi connectivity index (χ2n) is 4.33. The summed E-state index contributed by atoms with van der Waals surface area (Å²) in [6.07, 6.45) is 0.918. The maximum absolute atomic E-state index is 12.1. The van der Waals surface area contributed by atoms with Crippen LogP contribution in [0, 0.1) is 0 Å². The Labute approximate surface area is 104 Å². The molecule has 0 N–H and O–H groups in total. The van der Waals surface area contributed by atoms with Crippen LogP contribution in [0.15, 0.2) is 14.8 Å². The van der Waals surface area contributed by atoms with E-state index in [0.29, 0.717) is 10.5 Å². The lowest BCUT2D eigenvalue weighted by molar-refractivity contribution is 0.664. The van der Waals surface area contributed by atoms with E-state index in [1.165, 1.54) is 0 Å². The largest absolute Gasteiger partial charge is 0.290 e. The molecule has 0 unspecified atom stereocenters. The van der Waals surface area contributed by atoms with Crippen LogP contribution in [0.1, 0.15) is 26.5 Å². The zero-order chi connectivity index (χ0) is 11.9. The smallest absolute Gasteiger partial charge is 0.267 e. The Bertz CT molecular complexity index is 468. The van der Waals surface area contributed by atoms with Gasteiger partial charge >= 0.3 is 0 Å². The molecule has 1 aliphatic heterocycles. The Morgan fingerprint density at radius 1 is 1.56 bits per heavy atom. The minimum Gasteiger partial charge on any atom is -0.290 e. The van der Waals surface area contributed by atoms with Crippen LogP contribution in [0.25, 0.3) is 0 Å². The molecule has 88 valence electrons. The highest BCUT2D eigenvalue weighted by Crippen LogP contribution is 2.34. The Morgan fingerprint density at radius 3 is 2.88 bits per heavy atom. The molecule has 1 atom stereocenters. The standard InChI is InChI=1S/C11H16N2OS2/c1-6(2)15-11-12-8-5-7(3)16-9(8)10(14)13(11)4/h6-7H,5H2,1-4H3/t7-/m0/s1. The summed E-state index contributed by atoms with van der Waals surface area (Å²) in [4.78, 5) is 17.6. The molecule has 0 aromatic carbocycles. The van der Waals surface area contributed by atoms with Crippen LogP contribution in [0.3, 0.4) is 0 Å². The van der Waals surface area contributed by atoms with Gasteiger partial charge in [0, 0.05) is 24.0 Å². The minimum absolute atomic E-state index is 0.113. The van der Waals surface area contributed by atoms with E-state index >= 15 is 0 Å². The predicted octanol–water partition coefficient (Wildman–Crippen LogP) is 2.32. The lowest BCUT2D eigenvalue weighted by Gasteiger charge is -2.10. The lowest BCUT2D eigenvalue weighted by Crippen LogP contribution is -2.22. The Hall–Kier alpha value is -0.420. The zero-order valence-electron chi connectivity index (χ0n) is 9.98. The molecule has 0 aliphatic carbocycles. The summed E-state index contributed by atoms with van der Waals surface area (Å²) in [6, 6.07) is 0. The van der Waals surface area contributed by atoms with Crippen LogP contribution < -0.4 is 5.56 Å². The molecule has 16 heavy (non-hydrogen) atoms. The van der Waals surface area contributed by atoms with E-state index in [4.69, 9.17) is 0 Å². The predicted molar refractivity (Wildman–Crippen MR) is 69.5 cm³/mol. The van der Waals surface area contributed by atoms with Crippen molar-refractivity contribution in [1.29, 1.82) is 0 Å². The third kappa shape index (κ3) is 2.15. The van der Waals surface area contributed by atoms with Gasteiger partial charge < -0.3 is 0 Å². The summed E-state index contributed by atoms with van der Waals surface area (Å²) in [7, 11) is 1.81. The number of hydrogen-bond donors (Lipinski definition) is 0. The molecule has 1 aromatic rings. The molecule has 0 radical (unpaired) electrons. The van der Waals surface area contributed by atoms with Gasteiger partial charge in [-0.05, 0) is 0 Å².